The Hall–Kier alpha value is -1.66. The fourth-order valence-electron chi connectivity index (χ4n) is 4.82. The van der Waals surface area contributed by atoms with Crippen molar-refractivity contribution in [2.75, 3.05) is 6.54 Å². The summed E-state index contributed by atoms with van der Waals surface area (Å²) in [5, 5.41) is 8.72. The van der Waals surface area contributed by atoms with Gasteiger partial charge in [0, 0.05) is 13.0 Å². The molecule has 0 saturated heterocycles. The molecule has 0 amide bonds. The first-order valence-corrected chi connectivity index (χ1v) is 11.3. The highest BCUT2D eigenvalue weighted by atomic mass is 32.2. The molecule has 1 aromatic rings. The third kappa shape index (κ3) is 4.79. The molecule has 0 spiro atoms. The molecule has 2 aliphatic rings. The average molecular weight is 392 g/mol. The van der Waals surface area contributed by atoms with Crippen LogP contribution >= 0.6 is 0 Å². The molecule has 0 radical (unpaired) electrons. The number of fused-ring (bicyclic) bond motifs is 2. The summed E-state index contributed by atoms with van der Waals surface area (Å²) in [5.74, 6) is 1.19. The molecule has 0 aliphatic heterocycles. The van der Waals surface area contributed by atoms with E-state index in [1.807, 2.05) is 19.1 Å². The summed E-state index contributed by atoms with van der Waals surface area (Å²) in [5.41, 5.74) is 0.757. The molecule has 27 heavy (non-hydrogen) atoms. The summed E-state index contributed by atoms with van der Waals surface area (Å²) in [6, 6.07) is 7.06. The van der Waals surface area contributed by atoms with Gasteiger partial charge in [0.25, 0.3) is 0 Å². The molecule has 2 bridgehead atoms. The Labute approximate surface area is 161 Å². The van der Waals surface area contributed by atoms with Crippen LogP contribution < -0.4 is 4.72 Å². The van der Waals surface area contributed by atoms with Crippen molar-refractivity contribution in [3.05, 3.63) is 42.0 Å². The monoisotopic (exact) mass is 391 g/mol. The maximum Gasteiger partial charge on any atom is 0.303 e. The Morgan fingerprint density at radius 3 is 2.74 bits per heavy atom. The minimum absolute atomic E-state index is 0.195. The van der Waals surface area contributed by atoms with E-state index in [-0.39, 0.29) is 6.42 Å². The lowest BCUT2D eigenvalue weighted by Crippen LogP contribution is -2.35. The average Bonchev–Trinajstić information content (AvgIpc) is 3.21. The van der Waals surface area contributed by atoms with Crippen LogP contribution in [0.3, 0.4) is 0 Å². The Bertz CT molecular complexity index is 802. The highest BCUT2D eigenvalue weighted by Crippen LogP contribution is 2.52. The van der Waals surface area contributed by atoms with Crippen LogP contribution in [0.2, 0.25) is 0 Å². The Kier molecular flexibility index (Phi) is 6.37. The molecule has 4 atom stereocenters. The lowest BCUT2D eigenvalue weighted by Gasteiger charge is -2.29. The number of hydrogen-bond donors (Lipinski definition) is 2. The number of hydrogen-bond acceptors (Lipinski definition) is 3. The zero-order valence-electron chi connectivity index (χ0n) is 15.8. The Balaban J connectivity index is 1.61. The van der Waals surface area contributed by atoms with Crippen LogP contribution in [0.15, 0.2) is 41.3 Å². The molecule has 5 nitrogen and oxygen atoms in total. The van der Waals surface area contributed by atoms with E-state index in [0.29, 0.717) is 41.5 Å². The Morgan fingerprint density at radius 2 is 2.00 bits per heavy atom. The fraction of sp³-hybridized carbons (Fsp3) is 0.571. The van der Waals surface area contributed by atoms with Crippen molar-refractivity contribution < 1.29 is 18.3 Å². The summed E-state index contributed by atoms with van der Waals surface area (Å²) >= 11 is 0. The van der Waals surface area contributed by atoms with Crippen molar-refractivity contribution in [2.24, 2.45) is 23.7 Å². The molecule has 0 heterocycles. The van der Waals surface area contributed by atoms with E-state index in [2.05, 4.69) is 16.9 Å². The molecule has 2 fully saturated rings. The fourth-order valence-corrected chi connectivity index (χ4v) is 6.14. The van der Waals surface area contributed by atoms with Crippen molar-refractivity contribution in [3.8, 4) is 0 Å². The summed E-state index contributed by atoms with van der Waals surface area (Å²) in [7, 11) is -3.50. The van der Waals surface area contributed by atoms with Gasteiger partial charge in [-0.25, -0.2) is 13.1 Å². The van der Waals surface area contributed by atoms with Gasteiger partial charge in [0.1, 0.15) is 0 Å². The maximum absolute atomic E-state index is 12.7. The third-order valence-corrected chi connectivity index (χ3v) is 7.75. The first-order chi connectivity index (χ1) is 12.9. The number of carboxylic acid groups (broad SMARTS) is 1. The van der Waals surface area contributed by atoms with Gasteiger partial charge < -0.3 is 5.11 Å². The second kappa shape index (κ2) is 8.57. The van der Waals surface area contributed by atoms with E-state index >= 15 is 0 Å². The van der Waals surface area contributed by atoms with Gasteiger partial charge in [0.2, 0.25) is 10.0 Å². The van der Waals surface area contributed by atoms with E-state index in [0.717, 1.165) is 12.0 Å². The van der Waals surface area contributed by atoms with Crippen molar-refractivity contribution in [2.45, 2.75) is 50.3 Å². The lowest BCUT2D eigenvalue weighted by atomic mass is 9.79. The summed E-state index contributed by atoms with van der Waals surface area (Å²) < 4.78 is 28.3. The van der Waals surface area contributed by atoms with Crippen LogP contribution in [0.5, 0.6) is 0 Å². The molecule has 2 N–H and O–H groups in total. The SMILES string of the molecule is Cc1ccccc1S(=O)(=O)NC[C@H]1[C@H]2CC[C@H](C2)[C@@H]1/C=C\CCCC(=O)O. The van der Waals surface area contributed by atoms with Gasteiger partial charge in [-0.3, -0.25) is 4.79 Å². The molecular weight excluding hydrogens is 362 g/mol. The minimum Gasteiger partial charge on any atom is -0.481 e. The van der Waals surface area contributed by atoms with Gasteiger partial charge in [-0.05, 0) is 74.3 Å². The number of aliphatic carboxylic acids is 1. The normalized spacial score (nSPS) is 27.4. The largest absolute Gasteiger partial charge is 0.481 e. The van der Waals surface area contributed by atoms with Gasteiger partial charge in [-0.15, -0.1) is 0 Å². The number of rotatable bonds is 9. The van der Waals surface area contributed by atoms with Crippen LogP contribution in [0.1, 0.15) is 44.1 Å². The minimum atomic E-state index is -3.50. The summed E-state index contributed by atoms with van der Waals surface area (Å²) in [4.78, 5) is 11.0. The molecule has 3 rings (SSSR count). The van der Waals surface area contributed by atoms with Crippen LogP contribution in [0.25, 0.3) is 0 Å². The van der Waals surface area contributed by atoms with Gasteiger partial charge in [-0.1, -0.05) is 30.4 Å². The van der Waals surface area contributed by atoms with Crippen LogP contribution in [-0.2, 0) is 14.8 Å². The molecule has 6 heteroatoms. The third-order valence-electron chi connectivity index (χ3n) is 6.17. The first kappa shape index (κ1) is 20.1. The second-order valence-electron chi connectivity index (χ2n) is 7.91. The van der Waals surface area contributed by atoms with Crippen molar-refractivity contribution in [3.63, 3.8) is 0 Å². The van der Waals surface area contributed by atoms with E-state index in [1.165, 1.54) is 19.3 Å². The van der Waals surface area contributed by atoms with Gasteiger partial charge in [-0.2, -0.15) is 0 Å². The topological polar surface area (TPSA) is 83.5 Å². The standard InChI is InChI=1S/C21H29NO4S/c1-15-7-5-6-9-20(15)27(25,26)22-14-19-17-12-11-16(13-17)18(19)8-3-2-4-10-21(23)24/h3,5-9,16-19,22H,2,4,10-14H2,1H3,(H,23,24)/b8-3-/t16-,17+,18+,19+/m1/s1. The van der Waals surface area contributed by atoms with E-state index in [4.69, 9.17) is 5.11 Å². The first-order valence-electron chi connectivity index (χ1n) is 9.82. The van der Waals surface area contributed by atoms with Crippen molar-refractivity contribution in [1.29, 1.82) is 0 Å². The van der Waals surface area contributed by atoms with Crippen LogP contribution in [0, 0.1) is 30.6 Å². The lowest BCUT2D eigenvalue weighted by molar-refractivity contribution is -0.137. The molecule has 148 valence electrons. The number of unbranched alkanes of at least 4 members (excludes halogenated alkanes) is 1. The van der Waals surface area contributed by atoms with Crippen LogP contribution in [-0.4, -0.2) is 26.0 Å². The molecule has 0 unspecified atom stereocenters. The molecule has 2 aliphatic carbocycles. The number of carboxylic acids is 1. The number of aryl methyl sites for hydroxylation is 1. The van der Waals surface area contributed by atoms with Gasteiger partial charge in [0.15, 0.2) is 0 Å². The number of nitrogens with one attached hydrogen (secondary N) is 1. The predicted octanol–water partition coefficient (Wildman–Crippen LogP) is 3.75. The number of carbonyl (C=O) groups is 1. The zero-order valence-corrected chi connectivity index (χ0v) is 16.6. The van der Waals surface area contributed by atoms with Crippen molar-refractivity contribution >= 4 is 16.0 Å². The molecule has 0 aromatic heterocycles. The van der Waals surface area contributed by atoms with Crippen LogP contribution in [0.4, 0.5) is 0 Å². The second-order valence-corrected chi connectivity index (χ2v) is 9.64. The predicted molar refractivity (Wildman–Crippen MR) is 105 cm³/mol. The highest BCUT2D eigenvalue weighted by Gasteiger charge is 2.46. The highest BCUT2D eigenvalue weighted by molar-refractivity contribution is 7.89. The molecular formula is C21H29NO4S. The van der Waals surface area contributed by atoms with Gasteiger partial charge in [0.05, 0.1) is 4.90 Å². The Morgan fingerprint density at radius 1 is 1.26 bits per heavy atom. The number of benzene rings is 1. The van der Waals surface area contributed by atoms with E-state index in [1.54, 1.807) is 12.1 Å². The smallest absolute Gasteiger partial charge is 0.303 e. The maximum atomic E-state index is 12.7. The van der Waals surface area contributed by atoms with E-state index < -0.39 is 16.0 Å². The number of sulfonamides is 1. The van der Waals surface area contributed by atoms with Gasteiger partial charge >= 0.3 is 5.97 Å². The summed E-state index contributed by atoms with van der Waals surface area (Å²) in [6.07, 6.45) is 9.51. The molecule has 2 saturated carbocycles. The quantitative estimate of drug-likeness (QED) is 0.496. The molecule has 1 aromatic carbocycles. The summed E-state index contributed by atoms with van der Waals surface area (Å²) in [6.45, 7) is 2.29. The number of allylic oxidation sites excluding steroid dienone is 2. The van der Waals surface area contributed by atoms with E-state index in [9.17, 15) is 13.2 Å². The van der Waals surface area contributed by atoms with Crippen molar-refractivity contribution in [1.82, 2.24) is 4.72 Å². The zero-order chi connectivity index (χ0) is 19.4.